The van der Waals surface area contributed by atoms with Gasteiger partial charge in [0.2, 0.25) is 15.9 Å². The van der Waals surface area contributed by atoms with Crippen LogP contribution in [0.4, 0.5) is 0 Å². The zero-order chi connectivity index (χ0) is 23.0. The van der Waals surface area contributed by atoms with Gasteiger partial charge in [-0.25, -0.2) is 13.6 Å². The van der Waals surface area contributed by atoms with Gasteiger partial charge in [0.1, 0.15) is 10.7 Å². The molecule has 0 saturated heterocycles. The molecule has 2 heterocycles. The molecule has 7 nitrogen and oxygen atoms in total. The number of primary sulfonamides is 1. The smallest absolute Gasteiger partial charge is 0.242 e. The van der Waals surface area contributed by atoms with E-state index in [1.54, 1.807) is 18.2 Å². The predicted octanol–water partition coefficient (Wildman–Crippen LogP) is 2.86. The summed E-state index contributed by atoms with van der Waals surface area (Å²) < 4.78 is 24.6. The van der Waals surface area contributed by atoms with Crippen LogP contribution in [0.1, 0.15) is 30.0 Å². The number of amidine groups is 1. The van der Waals surface area contributed by atoms with Crippen LogP contribution in [-0.4, -0.2) is 25.1 Å². The number of amides is 1. The first-order chi connectivity index (χ1) is 15.2. The summed E-state index contributed by atoms with van der Waals surface area (Å²) in [7, 11) is -4.00. The minimum absolute atomic E-state index is 0.000586. The van der Waals surface area contributed by atoms with Gasteiger partial charge in [-0.05, 0) is 36.1 Å². The highest BCUT2D eigenvalue weighted by atomic mass is 32.2. The predicted molar refractivity (Wildman–Crippen MR) is 124 cm³/mol. The number of fused-ring (bicyclic) bond motifs is 2. The second kappa shape index (κ2) is 8.22. The fourth-order valence-electron chi connectivity index (χ4n) is 4.13. The Bertz CT molecular complexity index is 1310. The van der Waals surface area contributed by atoms with Crippen molar-refractivity contribution in [3.63, 3.8) is 0 Å². The molecule has 0 aliphatic carbocycles. The SMILES string of the molecule is CCC(Cc1cccc(C(=N)N)c1)C(=O)N1c2ccc(-c3ccccc3)c1c2S(N)(=O)=O. The lowest BCUT2D eigenvalue weighted by molar-refractivity contribution is -0.132. The van der Waals surface area contributed by atoms with Crippen molar-refractivity contribution in [3.8, 4) is 0 Å². The summed E-state index contributed by atoms with van der Waals surface area (Å²) in [5.74, 6) is -0.599. The molecule has 1 unspecified atom stereocenters. The molecule has 2 aliphatic rings. The quantitative estimate of drug-likeness (QED) is 0.444. The Kier molecular flexibility index (Phi) is 5.58. The van der Waals surface area contributed by atoms with E-state index in [2.05, 4.69) is 0 Å². The number of rotatable bonds is 7. The first kappa shape index (κ1) is 21.7. The summed E-state index contributed by atoms with van der Waals surface area (Å²) >= 11 is 0. The maximum Gasteiger partial charge on any atom is 0.242 e. The van der Waals surface area contributed by atoms with Crippen LogP contribution in [0, 0.1) is 11.3 Å². The molecule has 1 amide bonds. The number of benzene rings is 2. The van der Waals surface area contributed by atoms with E-state index in [1.807, 2.05) is 55.5 Å². The van der Waals surface area contributed by atoms with Crippen LogP contribution >= 0.6 is 0 Å². The van der Waals surface area contributed by atoms with E-state index in [1.165, 1.54) is 4.90 Å². The number of hydrogen-bond donors (Lipinski definition) is 3. The number of sulfonamides is 1. The number of nitrogens with two attached hydrogens (primary N) is 2. The highest BCUT2D eigenvalue weighted by Crippen LogP contribution is 2.48. The van der Waals surface area contributed by atoms with Gasteiger partial charge in [0, 0.05) is 17.1 Å². The summed E-state index contributed by atoms with van der Waals surface area (Å²) in [5.41, 5.74) is 9.17. The fourth-order valence-corrected chi connectivity index (χ4v) is 5.05. The molecule has 0 fully saturated rings. The maximum absolute atomic E-state index is 13.6. The summed E-state index contributed by atoms with van der Waals surface area (Å²) in [6, 6.07) is 16.6. The molecule has 8 heteroatoms. The Hall–Kier alpha value is -3.49. The number of carbonyl (C=O) groups excluding carboxylic acids is 1. The third-order valence-electron chi connectivity index (χ3n) is 5.73. The van der Waals surface area contributed by atoms with E-state index in [9.17, 15) is 13.2 Å². The third-order valence-corrected chi connectivity index (χ3v) is 6.70. The van der Waals surface area contributed by atoms with Gasteiger partial charge < -0.3 is 5.73 Å². The molecule has 0 saturated carbocycles. The van der Waals surface area contributed by atoms with Gasteiger partial charge in [0.15, 0.2) is 0 Å². The summed E-state index contributed by atoms with van der Waals surface area (Å²) in [6.45, 7) is 1.92. The molecule has 0 aromatic heterocycles. The van der Waals surface area contributed by atoms with Gasteiger partial charge in [-0.15, -0.1) is 0 Å². The van der Waals surface area contributed by atoms with E-state index in [0.717, 1.165) is 11.1 Å². The Morgan fingerprint density at radius 2 is 1.81 bits per heavy atom. The van der Waals surface area contributed by atoms with Gasteiger partial charge in [0.25, 0.3) is 0 Å². The van der Waals surface area contributed by atoms with Gasteiger partial charge in [-0.3, -0.25) is 15.1 Å². The topological polar surface area (TPSA) is 130 Å². The van der Waals surface area contributed by atoms with Crippen molar-refractivity contribution < 1.29 is 13.2 Å². The highest BCUT2D eigenvalue weighted by Gasteiger charge is 2.47. The second-order valence-corrected chi connectivity index (χ2v) is 9.32. The van der Waals surface area contributed by atoms with Gasteiger partial charge >= 0.3 is 0 Å². The van der Waals surface area contributed by atoms with Crippen LogP contribution in [0.2, 0.25) is 0 Å². The van der Waals surface area contributed by atoms with E-state index in [0.29, 0.717) is 35.4 Å². The van der Waals surface area contributed by atoms with E-state index in [-0.39, 0.29) is 22.6 Å². The van der Waals surface area contributed by atoms with E-state index in [4.69, 9.17) is 16.3 Å². The highest BCUT2D eigenvalue weighted by molar-refractivity contribution is 7.93. The molecule has 0 radical (unpaired) electrons. The van der Waals surface area contributed by atoms with Crippen molar-refractivity contribution in [2.24, 2.45) is 16.8 Å². The minimum Gasteiger partial charge on any atom is -0.384 e. The molecule has 5 N–H and O–H groups in total. The van der Waals surface area contributed by atoms with Crippen LogP contribution < -0.4 is 10.9 Å². The molecule has 4 rings (SSSR count). The number of nitrogens with zero attached hydrogens (tertiary/aromatic N) is 1. The average molecular weight is 449 g/mol. The maximum atomic E-state index is 13.6. The Morgan fingerprint density at radius 3 is 2.44 bits per heavy atom. The molecule has 2 aromatic carbocycles. The van der Waals surface area contributed by atoms with Crippen LogP contribution in [-0.2, 0) is 21.2 Å². The van der Waals surface area contributed by atoms with Gasteiger partial charge in [0.05, 0.1) is 11.4 Å². The number of nitrogen functional groups attached to an aromatic ring is 1. The van der Waals surface area contributed by atoms with Crippen LogP contribution in [0.3, 0.4) is 0 Å². The largest absolute Gasteiger partial charge is 0.384 e. The molecular weight excluding hydrogens is 424 g/mol. The standard InChI is InChI=1S/C24H24N4O3S/c1-2-16(13-15-7-6-10-18(14-15)23(25)26)24(29)28-20-12-11-19(17-8-4-3-5-9-17)21(28)22(20)32(27,30)31/h3-12,14,16H,2,13H2,1H3,(H3,25,26)(H2,27,30,31). The number of carbonyl (C=O) groups is 1. The fraction of sp³-hybridized carbons (Fsp3) is 0.167. The molecule has 1 atom stereocenters. The summed E-state index contributed by atoms with van der Waals surface area (Å²) in [5, 5.41) is 13.1. The Morgan fingerprint density at radius 1 is 1.09 bits per heavy atom. The first-order valence-corrected chi connectivity index (χ1v) is 11.8. The van der Waals surface area contributed by atoms with Crippen molar-refractivity contribution in [3.05, 3.63) is 99.7 Å². The van der Waals surface area contributed by atoms with Crippen LogP contribution in [0.15, 0.2) is 83.0 Å². The molecule has 2 aliphatic heterocycles. The molecular formula is C24H24N4O3S. The lowest BCUT2D eigenvalue weighted by atomic mass is 9.87. The number of nitrogens with one attached hydrogen (secondary N) is 1. The van der Waals surface area contributed by atoms with E-state index < -0.39 is 10.0 Å². The van der Waals surface area contributed by atoms with Gasteiger partial charge in [-0.2, -0.15) is 0 Å². The number of hydrogen-bond acceptors (Lipinski definition) is 4. The molecule has 2 aromatic rings. The molecule has 2 bridgehead atoms. The summed E-state index contributed by atoms with van der Waals surface area (Å²) in [6.07, 6.45) is 4.46. The lowest BCUT2D eigenvalue weighted by Crippen LogP contribution is -2.47. The van der Waals surface area contributed by atoms with Gasteiger partial charge in [-0.1, -0.05) is 61.5 Å². The Labute approximate surface area is 187 Å². The first-order valence-electron chi connectivity index (χ1n) is 10.2. The lowest BCUT2D eigenvalue weighted by Gasteiger charge is -2.43. The minimum atomic E-state index is -4.00. The molecule has 0 spiro atoms. The van der Waals surface area contributed by atoms with Crippen molar-refractivity contribution in [1.29, 1.82) is 5.41 Å². The number of allylic oxidation sites excluding steroid dienone is 3. The van der Waals surface area contributed by atoms with Crippen molar-refractivity contribution in [1.82, 2.24) is 4.90 Å². The molecule has 164 valence electrons. The zero-order valence-corrected chi connectivity index (χ0v) is 18.4. The Balaban J connectivity index is 1.69. The second-order valence-electron chi connectivity index (χ2n) is 7.82. The van der Waals surface area contributed by atoms with Crippen molar-refractivity contribution in [2.45, 2.75) is 19.8 Å². The van der Waals surface area contributed by atoms with Crippen LogP contribution in [0.25, 0.3) is 5.57 Å². The summed E-state index contributed by atoms with van der Waals surface area (Å²) in [4.78, 5) is 15.0. The van der Waals surface area contributed by atoms with Crippen molar-refractivity contribution >= 4 is 27.3 Å². The van der Waals surface area contributed by atoms with Crippen molar-refractivity contribution in [2.75, 3.05) is 0 Å². The van der Waals surface area contributed by atoms with E-state index >= 15 is 0 Å². The third kappa shape index (κ3) is 3.79. The monoisotopic (exact) mass is 448 g/mol. The average Bonchev–Trinajstić information content (AvgIpc) is 2.77. The zero-order valence-electron chi connectivity index (χ0n) is 17.6. The molecule has 32 heavy (non-hydrogen) atoms. The normalized spacial score (nSPS) is 16.1. The van der Waals surface area contributed by atoms with Crippen LogP contribution in [0.5, 0.6) is 0 Å².